The number of hydrogen-bond acceptors (Lipinski definition) is 6. The zero-order valence-corrected chi connectivity index (χ0v) is 17.8. The Hall–Kier alpha value is -3.13. The number of carbonyl (C=O) groups excluding carboxylic acids is 1. The lowest BCUT2D eigenvalue weighted by Crippen LogP contribution is -2.28. The molecule has 0 unspecified atom stereocenters. The highest BCUT2D eigenvalue weighted by Crippen LogP contribution is 2.32. The minimum Gasteiger partial charge on any atom is -0.383 e. The van der Waals surface area contributed by atoms with E-state index in [1.165, 1.54) is 11.2 Å². The van der Waals surface area contributed by atoms with Crippen molar-refractivity contribution in [3.63, 3.8) is 0 Å². The average Bonchev–Trinajstić information content (AvgIpc) is 2.95. The Balaban J connectivity index is 2.11. The number of fused-ring (bicyclic) bond motifs is 1. The van der Waals surface area contributed by atoms with E-state index in [0.29, 0.717) is 38.6 Å². The summed E-state index contributed by atoms with van der Waals surface area (Å²) in [5, 5.41) is 13.1. The van der Waals surface area contributed by atoms with Gasteiger partial charge >= 0.3 is 0 Å². The fraction of sp³-hybridized carbons (Fsp3) is 0.300. The zero-order valence-electron chi connectivity index (χ0n) is 17.0. The molecule has 0 bridgehead atoms. The van der Waals surface area contributed by atoms with E-state index in [9.17, 15) is 4.79 Å². The average molecular weight is 414 g/mol. The van der Waals surface area contributed by atoms with E-state index < -0.39 is 0 Å². The Labute approximate surface area is 174 Å². The molecule has 0 fully saturated rings. The van der Waals surface area contributed by atoms with Crippen LogP contribution in [-0.4, -0.2) is 51.1 Å². The lowest BCUT2D eigenvalue weighted by Gasteiger charge is -2.23. The molecule has 3 aromatic rings. The Morgan fingerprint density at radius 3 is 2.59 bits per heavy atom. The van der Waals surface area contributed by atoms with Crippen LogP contribution in [-0.2, 0) is 0 Å². The number of nitrogens with one attached hydrogen (secondary N) is 3. The molecule has 0 saturated heterocycles. The number of aromatic amines is 1. The normalized spacial score (nSPS) is 11.5. The molecule has 152 valence electrons. The van der Waals surface area contributed by atoms with Crippen molar-refractivity contribution in [2.45, 2.75) is 26.3 Å². The fourth-order valence-electron chi connectivity index (χ4n) is 2.95. The molecular formula is C20H24ClN7O. The number of aromatic nitrogens is 3. The van der Waals surface area contributed by atoms with E-state index in [-0.39, 0.29) is 23.0 Å². The van der Waals surface area contributed by atoms with Gasteiger partial charge in [0.2, 0.25) is 0 Å². The summed E-state index contributed by atoms with van der Waals surface area (Å²) >= 11 is 6.56. The van der Waals surface area contributed by atoms with E-state index in [1.807, 2.05) is 20.8 Å². The van der Waals surface area contributed by atoms with Crippen LogP contribution in [0, 0.1) is 5.41 Å². The van der Waals surface area contributed by atoms with Crippen molar-refractivity contribution in [1.29, 1.82) is 5.41 Å². The molecular weight excluding hydrogens is 390 g/mol. The number of H-pyrrole nitrogens is 1. The molecule has 0 saturated carbocycles. The monoisotopic (exact) mass is 413 g/mol. The summed E-state index contributed by atoms with van der Waals surface area (Å²) in [6, 6.07) is 5.20. The SMILES string of the molecule is CN(C)C(=O)c1ccc2c(Cl)c(C(=N)c3c(N)ncnc3NC(C)(C)C)[nH]c2c1. The van der Waals surface area contributed by atoms with Gasteiger partial charge in [0.1, 0.15) is 18.0 Å². The highest BCUT2D eigenvalue weighted by Gasteiger charge is 2.24. The lowest BCUT2D eigenvalue weighted by atomic mass is 10.1. The Morgan fingerprint density at radius 2 is 1.97 bits per heavy atom. The van der Waals surface area contributed by atoms with Crippen molar-refractivity contribution >= 4 is 45.8 Å². The number of nitrogen functional groups attached to an aromatic ring is 1. The van der Waals surface area contributed by atoms with Gasteiger partial charge in [0, 0.05) is 36.1 Å². The van der Waals surface area contributed by atoms with Gasteiger partial charge in [0.05, 0.1) is 22.0 Å². The van der Waals surface area contributed by atoms with Crippen molar-refractivity contribution < 1.29 is 4.79 Å². The Bertz CT molecular complexity index is 1110. The number of hydrogen-bond donors (Lipinski definition) is 4. The molecule has 8 nitrogen and oxygen atoms in total. The van der Waals surface area contributed by atoms with Crippen LogP contribution in [0.3, 0.4) is 0 Å². The number of nitrogens with zero attached hydrogens (tertiary/aromatic N) is 3. The van der Waals surface area contributed by atoms with Gasteiger partial charge in [-0.2, -0.15) is 0 Å². The molecule has 2 heterocycles. The minimum absolute atomic E-state index is 0.0662. The standard InChI is InChI=1S/C20H24ClN7O/c1-20(2,3)27-18-13(17(23)24-9-25-18)15(22)16-14(21)11-7-6-10(8-12(11)26-16)19(29)28(4)5/h6-9,22,26H,1-5H3,(H3,23,24,25,27). The summed E-state index contributed by atoms with van der Waals surface area (Å²) in [7, 11) is 3.38. The molecule has 3 rings (SSSR count). The first-order valence-corrected chi connectivity index (χ1v) is 9.38. The number of halogens is 1. The van der Waals surface area contributed by atoms with Crippen LogP contribution >= 0.6 is 11.6 Å². The van der Waals surface area contributed by atoms with E-state index in [1.54, 1.807) is 32.3 Å². The third kappa shape index (κ3) is 4.02. The van der Waals surface area contributed by atoms with E-state index in [0.717, 1.165) is 0 Å². The highest BCUT2D eigenvalue weighted by atomic mass is 35.5. The van der Waals surface area contributed by atoms with Crippen LogP contribution in [0.2, 0.25) is 5.02 Å². The van der Waals surface area contributed by atoms with Crippen molar-refractivity contribution in [2.75, 3.05) is 25.1 Å². The molecule has 5 N–H and O–H groups in total. The summed E-state index contributed by atoms with van der Waals surface area (Å²) in [5.74, 6) is 0.509. The first-order chi connectivity index (χ1) is 13.5. The van der Waals surface area contributed by atoms with Crippen LogP contribution < -0.4 is 11.1 Å². The van der Waals surface area contributed by atoms with Gasteiger partial charge in [0.25, 0.3) is 5.91 Å². The second kappa shape index (κ2) is 7.36. The summed E-state index contributed by atoms with van der Waals surface area (Å²) in [6.45, 7) is 5.95. The smallest absolute Gasteiger partial charge is 0.253 e. The van der Waals surface area contributed by atoms with E-state index >= 15 is 0 Å². The van der Waals surface area contributed by atoms with Crippen LogP contribution in [0.15, 0.2) is 24.5 Å². The van der Waals surface area contributed by atoms with Gasteiger partial charge in [-0.15, -0.1) is 0 Å². The summed E-state index contributed by atoms with van der Waals surface area (Å²) in [5.41, 5.74) is 7.78. The zero-order chi connectivity index (χ0) is 21.5. The molecule has 0 aliphatic heterocycles. The first kappa shape index (κ1) is 20.6. The quantitative estimate of drug-likeness (QED) is 0.487. The van der Waals surface area contributed by atoms with Crippen molar-refractivity contribution in [1.82, 2.24) is 19.9 Å². The summed E-state index contributed by atoms with van der Waals surface area (Å²) < 4.78 is 0. The predicted molar refractivity (Wildman–Crippen MR) is 117 cm³/mol. The Kier molecular flexibility index (Phi) is 5.23. The Morgan fingerprint density at radius 1 is 1.28 bits per heavy atom. The molecule has 0 aliphatic carbocycles. The molecule has 1 aromatic carbocycles. The third-order valence-corrected chi connectivity index (χ3v) is 4.65. The molecule has 29 heavy (non-hydrogen) atoms. The van der Waals surface area contributed by atoms with Gasteiger partial charge in [-0.1, -0.05) is 17.7 Å². The third-order valence-electron chi connectivity index (χ3n) is 4.26. The number of amides is 1. The first-order valence-electron chi connectivity index (χ1n) is 9.00. The van der Waals surface area contributed by atoms with E-state index in [2.05, 4.69) is 20.3 Å². The van der Waals surface area contributed by atoms with Gasteiger partial charge in [0.15, 0.2) is 0 Å². The number of carbonyl (C=O) groups is 1. The maximum atomic E-state index is 12.3. The second-order valence-corrected chi connectivity index (χ2v) is 8.38. The number of rotatable bonds is 4. The molecule has 2 aromatic heterocycles. The van der Waals surface area contributed by atoms with Crippen LogP contribution in [0.4, 0.5) is 11.6 Å². The lowest BCUT2D eigenvalue weighted by molar-refractivity contribution is 0.0827. The fourth-order valence-corrected chi connectivity index (χ4v) is 3.25. The van der Waals surface area contributed by atoms with Crippen molar-refractivity contribution in [3.8, 4) is 0 Å². The van der Waals surface area contributed by atoms with Gasteiger partial charge < -0.3 is 20.9 Å². The molecule has 0 spiro atoms. The highest BCUT2D eigenvalue weighted by molar-refractivity contribution is 6.40. The minimum atomic E-state index is -0.290. The van der Waals surface area contributed by atoms with Gasteiger partial charge in [-0.05, 0) is 32.9 Å². The van der Waals surface area contributed by atoms with Crippen LogP contribution in [0.5, 0.6) is 0 Å². The largest absolute Gasteiger partial charge is 0.383 e. The van der Waals surface area contributed by atoms with Gasteiger partial charge in [-0.3, -0.25) is 10.2 Å². The molecule has 0 aliphatic rings. The van der Waals surface area contributed by atoms with Crippen molar-refractivity contribution in [2.24, 2.45) is 0 Å². The van der Waals surface area contributed by atoms with Crippen molar-refractivity contribution in [3.05, 3.63) is 46.4 Å². The van der Waals surface area contributed by atoms with Crippen LogP contribution in [0.25, 0.3) is 10.9 Å². The topological polar surface area (TPSA) is 124 Å². The molecule has 0 atom stereocenters. The second-order valence-electron chi connectivity index (χ2n) is 8.01. The molecule has 1 amide bonds. The van der Waals surface area contributed by atoms with E-state index in [4.69, 9.17) is 22.7 Å². The summed E-state index contributed by atoms with van der Waals surface area (Å²) in [6.07, 6.45) is 1.35. The molecule has 9 heteroatoms. The number of benzene rings is 1. The molecule has 0 radical (unpaired) electrons. The number of anilines is 2. The maximum Gasteiger partial charge on any atom is 0.253 e. The van der Waals surface area contributed by atoms with Gasteiger partial charge in [-0.25, -0.2) is 9.97 Å². The number of nitrogens with two attached hydrogens (primary N) is 1. The van der Waals surface area contributed by atoms with Crippen LogP contribution in [0.1, 0.15) is 42.4 Å². The summed E-state index contributed by atoms with van der Waals surface area (Å²) in [4.78, 5) is 25.2. The maximum absolute atomic E-state index is 12.3. The predicted octanol–water partition coefficient (Wildman–Crippen LogP) is 3.52.